The smallest absolute Gasteiger partial charge is 0.201 e. The summed E-state index contributed by atoms with van der Waals surface area (Å²) in [6.45, 7) is 1.82. The topological polar surface area (TPSA) is 43.4 Å². The van der Waals surface area contributed by atoms with E-state index in [9.17, 15) is 9.59 Å². The molecule has 4 atom stereocenters. The third-order valence-electron chi connectivity index (χ3n) is 4.39. The summed E-state index contributed by atoms with van der Waals surface area (Å²) in [7, 11) is 1.52. The summed E-state index contributed by atoms with van der Waals surface area (Å²) in [5.41, 5.74) is 0.788. The summed E-state index contributed by atoms with van der Waals surface area (Å²) in [5, 5.41) is 0. The summed E-state index contributed by atoms with van der Waals surface area (Å²) in [4.78, 5) is 24.7. The summed E-state index contributed by atoms with van der Waals surface area (Å²) >= 11 is 0. The largest absolute Gasteiger partial charge is 0.493 e. The first-order chi connectivity index (χ1) is 8.13. The maximum atomic E-state index is 12.4. The third kappa shape index (κ3) is 1.34. The van der Waals surface area contributed by atoms with Gasteiger partial charge in [-0.15, -0.1) is 0 Å². The fraction of sp³-hybridized carbons (Fsp3) is 0.571. The predicted octanol–water partition coefficient (Wildman–Crippen LogP) is 1.89. The van der Waals surface area contributed by atoms with Gasteiger partial charge in [0.2, 0.25) is 5.78 Å². The van der Waals surface area contributed by atoms with Crippen LogP contribution in [0.1, 0.15) is 19.8 Å². The zero-order valence-electron chi connectivity index (χ0n) is 10.1. The Bertz CT molecular complexity index is 458. The Hall–Kier alpha value is -1.38. The molecule has 3 heteroatoms. The third-order valence-corrected chi connectivity index (χ3v) is 4.39. The van der Waals surface area contributed by atoms with Gasteiger partial charge in [0.1, 0.15) is 5.78 Å². The molecule has 2 bridgehead atoms. The van der Waals surface area contributed by atoms with Crippen molar-refractivity contribution >= 4 is 11.6 Å². The van der Waals surface area contributed by atoms with E-state index in [0.29, 0.717) is 12.2 Å². The van der Waals surface area contributed by atoms with Crippen molar-refractivity contribution in [2.75, 3.05) is 7.11 Å². The molecule has 0 radical (unpaired) electrons. The lowest BCUT2D eigenvalue weighted by Crippen LogP contribution is -2.32. The van der Waals surface area contributed by atoms with Crippen LogP contribution >= 0.6 is 0 Å². The quantitative estimate of drug-likeness (QED) is 0.648. The van der Waals surface area contributed by atoms with Crippen molar-refractivity contribution in [3.8, 4) is 0 Å². The molecule has 90 valence electrons. The van der Waals surface area contributed by atoms with Crippen LogP contribution in [0.2, 0.25) is 0 Å². The van der Waals surface area contributed by atoms with E-state index in [1.165, 1.54) is 7.11 Å². The molecule has 3 aliphatic rings. The Kier molecular flexibility index (Phi) is 2.25. The van der Waals surface area contributed by atoms with Crippen LogP contribution in [-0.2, 0) is 14.3 Å². The zero-order valence-corrected chi connectivity index (χ0v) is 10.1. The highest BCUT2D eigenvalue weighted by atomic mass is 16.5. The van der Waals surface area contributed by atoms with E-state index < -0.39 is 0 Å². The van der Waals surface area contributed by atoms with Gasteiger partial charge in [0, 0.05) is 18.3 Å². The molecule has 17 heavy (non-hydrogen) atoms. The highest BCUT2D eigenvalue weighted by molar-refractivity contribution is 6.03. The van der Waals surface area contributed by atoms with E-state index in [1.807, 2.05) is 6.92 Å². The molecule has 0 amide bonds. The Morgan fingerprint density at radius 1 is 1.18 bits per heavy atom. The standard InChI is InChI=1S/C14H16O3/c1-7-5-10(15)11-8-3-4-9(6-8)12(11)13(16)14(7)17-2/h3-4,8-9,11-12H,5-6H2,1-2H3/t8-,9+,11+,12+/m0/s1. The maximum Gasteiger partial charge on any atom is 0.201 e. The van der Waals surface area contributed by atoms with Crippen LogP contribution in [0.3, 0.4) is 0 Å². The van der Waals surface area contributed by atoms with E-state index in [-0.39, 0.29) is 35.2 Å². The van der Waals surface area contributed by atoms with Crippen LogP contribution in [0.25, 0.3) is 0 Å². The van der Waals surface area contributed by atoms with Crippen molar-refractivity contribution in [3.05, 3.63) is 23.5 Å². The molecule has 0 saturated heterocycles. The van der Waals surface area contributed by atoms with Crippen LogP contribution < -0.4 is 0 Å². The van der Waals surface area contributed by atoms with Gasteiger partial charge in [-0.25, -0.2) is 0 Å². The van der Waals surface area contributed by atoms with Gasteiger partial charge in [-0.1, -0.05) is 12.2 Å². The minimum absolute atomic E-state index is 0.0395. The van der Waals surface area contributed by atoms with Crippen molar-refractivity contribution in [2.45, 2.75) is 19.8 Å². The van der Waals surface area contributed by atoms with Gasteiger partial charge in [-0.05, 0) is 30.8 Å². The number of allylic oxidation sites excluding steroid dienone is 4. The van der Waals surface area contributed by atoms with E-state index in [2.05, 4.69) is 12.2 Å². The molecule has 3 rings (SSSR count). The highest BCUT2D eigenvalue weighted by Gasteiger charge is 2.53. The Morgan fingerprint density at radius 3 is 2.47 bits per heavy atom. The molecule has 3 aliphatic carbocycles. The number of carbonyl (C=O) groups excluding carboxylic acids is 2. The Morgan fingerprint density at radius 2 is 1.82 bits per heavy atom. The van der Waals surface area contributed by atoms with E-state index >= 15 is 0 Å². The summed E-state index contributed by atoms with van der Waals surface area (Å²) < 4.78 is 5.21. The number of rotatable bonds is 1. The van der Waals surface area contributed by atoms with Crippen molar-refractivity contribution in [1.82, 2.24) is 0 Å². The Balaban J connectivity index is 2.07. The molecule has 0 aromatic carbocycles. The van der Waals surface area contributed by atoms with Gasteiger partial charge in [-0.2, -0.15) is 0 Å². The monoisotopic (exact) mass is 232 g/mol. The van der Waals surface area contributed by atoms with E-state index in [0.717, 1.165) is 12.0 Å². The number of hydrogen-bond donors (Lipinski definition) is 0. The molecular weight excluding hydrogens is 216 g/mol. The molecule has 0 unspecified atom stereocenters. The lowest BCUT2D eigenvalue weighted by atomic mass is 9.78. The minimum Gasteiger partial charge on any atom is -0.493 e. The second-order valence-electron chi connectivity index (χ2n) is 5.32. The average Bonchev–Trinajstić information content (AvgIpc) is 2.86. The average molecular weight is 232 g/mol. The molecule has 3 nitrogen and oxygen atoms in total. The molecule has 0 spiro atoms. The van der Waals surface area contributed by atoms with Gasteiger partial charge in [0.05, 0.1) is 7.11 Å². The van der Waals surface area contributed by atoms with Crippen molar-refractivity contribution in [3.63, 3.8) is 0 Å². The second-order valence-corrected chi connectivity index (χ2v) is 5.32. The summed E-state index contributed by atoms with van der Waals surface area (Å²) in [6, 6.07) is 0. The minimum atomic E-state index is -0.162. The lowest BCUT2D eigenvalue weighted by molar-refractivity contribution is -0.131. The molecule has 1 saturated carbocycles. The summed E-state index contributed by atoms with van der Waals surface area (Å²) in [6.07, 6.45) is 5.55. The number of ether oxygens (including phenoxy) is 1. The first kappa shape index (κ1) is 10.8. The van der Waals surface area contributed by atoms with Gasteiger partial charge in [0.25, 0.3) is 0 Å². The van der Waals surface area contributed by atoms with Gasteiger partial charge < -0.3 is 4.74 Å². The lowest BCUT2D eigenvalue weighted by Gasteiger charge is -2.23. The molecule has 1 fully saturated rings. The number of carbonyl (C=O) groups is 2. The fourth-order valence-corrected chi connectivity index (χ4v) is 3.71. The number of Topliss-reactive ketones (excluding diaryl/α,β-unsaturated/α-hetero) is 2. The van der Waals surface area contributed by atoms with Crippen LogP contribution in [-0.4, -0.2) is 18.7 Å². The number of fused-ring (bicyclic) bond motifs is 5. The molecule has 0 aliphatic heterocycles. The van der Waals surface area contributed by atoms with Gasteiger partial charge in [-0.3, -0.25) is 9.59 Å². The van der Waals surface area contributed by atoms with E-state index in [4.69, 9.17) is 4.74 Å². The highest BCUT2D eigenvalue weighted by Crippen LogP contribution is 2.51. The number of ketones is 2. The summed E-state index contributed by atoms with van der Waals surface area (Å²) in [5.74, 6) is 0.946. The van der Waals surface area contributed by atoms with Crippen LogP contribution in [0.5, 0.6) is 0 Å². The first-order valence-electron chi connectivity index (χ1n) is 6.12. The molecule has 0 aromatic rings. The number of hydrogen-bond acceptors (Lipinski definition) is 3. The molecule has 0 N–H and O–H groups in total. The Labute approximate surface area is 101 Å². The van der Waals surface area contributed by atoms with Crippen LogP contribution in [0.15, 0.2) is 23.5 Å². The van der Waals surface area contributed by atoms with Crippen molar-refractivity contribution in [1.29, 1.82) is 0 Å². The first-order valence-corrected chi connectivity index (χ1v) is 6.12. The normalized spacial score (nSPS) is 39.6. The second kappa shape index (κ2) is 3.56. The molecule has 0 heterocycles. The van der Waals surface area contributed by atoms with Crippen molar-refractivity contribution in [2.24, 2.45) is 23.7 Å². The molecule has 0 aromatic heterocycles. The van der Waals surface area contributed by atoms with Crippen LogP contribution in [0, 0.1) is 23.7 Å². The van der Waals surface area contributed by atoms with Gasteiger partial charge >= 0.3 is 0 Å². The zero-order chi connectivity index (χ0) is 12.2. The van der Waals surface area contributed by atoms with E-state index in [1.54, 1.807) is 0 Å². The predicted molar refractivity (Wildman–Crippen MR) is 62.1 cm³/mol. The van der Waals surface area contributed by atoms with Crippen LogP contribution in [0.4, 0.5) is 0 Å². The molecular formula is C14H16O3. The van der Waals surface area contributed by atoms with Crippen molar-refractivity contribution < 1.29 is 14.3 Å². The maximum absolute atomic E-state index is 12.4. The number of methoxy groups -OCH3 is 1. The van der Waals surface area contributed by atoms with Gasteiger partial charge in [0.15, 0.2) is 5.76 Å². The SMILES string of the molecule is COC1=C(C)CC(=O)[C@@H]2[C@H](C1=O)[C@@H]1C=C[C@H]2C1. The fourth-order valence-electron chi connectivity index (χ4n) is 3.71.